The zero-order valence-electron chi connectivity index (χ0n) is 16.5. The standard InChI is InChI=1S/C18H16F3N3O6S2/c1-22-14-10-16(13(21)9-15(14)30-18(22)25)31(26,27)23-5-7-24(8-6-23)32(28,29)17-11(19)3-2-4-12(17)20/h2-4,9-10H,5-8H2,1H3. The first-order chi connectivity index (χ1) is 14.9. The molecular weight excluding hydrogens is 475 g/mol. The second kappa shape index (κ2) is 7.72. The zero-order chi connectivity index (χ0) is 23.4. The van der Waals surface area contributed by atoms with E-state index in [2.05, 4.69) is 0 Å². The molecule has 1 aliphatic heterocycles. The van der Waals surface area contributed by atoms with Crippen LogP contribution in [-0.2, 0) is 27.1 Å². The topological polar surface area (TPSA) is 110 Å². The number of oxazole rings is 1. The van der Waals surface area contributed by atoms with Gasteiger partial charge in [0.15, 0.2) is 10.5 Å². The number of aromatic nitrogens is 1. The first kappa shape index (κ1) is 22.5. The average Bonchev–Trinajstić information content (AvgIpc) is 3.00. The molecule has 9 nitrogen and oxygen atoms in total. The van der Waals surface area contributed by atoms with Gasteiger partial charge in [0.05, 0.1) is 5.52 Å². The van der Waals surface area contributed by atoms with Gasteiger partial charge >= 0.3 is 5.76 Å². The van der Waals surface area contributed by atoms with Crippen LogP contribution >= 0.6 is 0 Å². The Morgan fingerprint density at radius 1 is 0.844 bits per heavy atom. The molecule has 1 aromatic heterocycles. The minimum Gasteiger partial charge on any atom is -0.408 e. The summed E-state index contributed by atoms with van der Waals surface area (Å²) in [5.74, 6) is -4.47. The number of nitrogens with zero attached hydrogens (tertiary/aromatic N) is 3. The maximum atomic E-state index is 14.5. The van der Waals surface area contributed by atoms with Gasteiger partial charge in [0, 0.05) is 39.3 Å². The van der Waals surface area contributed by atoms with Gasteiger partial charge in [-0.05, 0) is 18.2 Å². The van der Waals surface area contributed by atoms with Crippen LogP contribution in [0.5, 0.6) is 0 Å². The minimum absolute atomic E-state index is 0.0613. The Labute approximate surface area is 180 Å². The van der Waals surface area contributed by atoms with E-state index < -0.39 is 66.1 Å². The summed E-state index contributed by atoms with van der Waals surface area (Å²) >= 11 is 0. The number of fused-ring (bicyclic) bond motifs is 1. The molecule has 2 aromatic carbocycles. The summed E-state index contributed by atoms with van der Waals surface area (Å²) in [6, 6.07) is 4.38. The smallest absolute Gasteiger partial charge is 0.408 e. The molecular formula is C18H16F3N3O6S2. The van der Waals surface area contributed by atoms with Crippen LogP contribution in [0.3, 0.4) is 0 Å². The third-order valence-corrected chi connectivity index (χ3v) is 9.04. The maximum absolute atomic E-state index is 14.5. The molecule has 3 aromatic rings. The van der Waals surface area contributed by atoms with Gasteiger partial charge in [-0.25, -0.2) is 34.8 Å². The molecule has 0 bridgehead atoms. The summed E-state index contributed by atoms with van der Waals surface area (Å²) in [5.41, 5.74) is -0.0667. The highest BCUT2D eigenvalue weighted by Crippen LogP contribution is 2.28. The van der Waals surface area contributed by atoms with E-state index in [-0.39, 0.29) is 24.2 Å². The number of hydrogen-bond acceptors (Lipinski definition) is 6. The van der Waals surface area contributed by atoms with E-state index in [1.165, 1.54) is 7.05 Å². The van der Waals surface area contributed by atoms with Crippen LogP contribution in [0.4, 0.5) is 13.2 Å². The van der Waals surface area contributed by atoms with E-state index in [1.807, 2.05) is 0 Å². The molecule has 1 fully saturated rings. The first-order valence-corrected chi connectivity index (χ1v) is 12.1. The predicted octanol–water partition coefficient (Wildman–Crippen LogP) is 1.24. The van der Waals surface area contributed by atoms with Crippen molar-refractivity contribution in [2.75, 3.05) is 26.2 Å². The van der Waals surface area contributed by atoms with Crippen molar-refractivity contribution in [1.29, 1.82) is 0 Å². The van der Waals surface area contributed by atoms with Crippen molar-refractivity contribution < 1.29 is 34.4 Å². The number of sulfonamides is 2. The van der Waals surface area contributed by atoms with Crippen LogP contribution in [0.25, 0.3) is 11.1 Å². The lowest BCUT2D eigenvalue weighted by atomic mass is 10.3. The molecule has 0 aliphatic carbocycles. The number of rotatable bonds is 4. The Bertz CT molecular complexity index is 1470. The van der Waals surface area contributed by atoms with Gasteiger partial charge in [0.1, 0.15) is 22.3 Å². The average molecular weight is 491 g/mol. The second-order valence-electron chi connectivity index (χ2n) is 7.04. The third-order valence-electron chi connectivity index (χ3n) is 5.18. The van der Waals surface area contributed by atoms with E-state index in [9.17, 15) is 34.8 Å². The van der Waals surface area contributed by atoms with Crippen molar-refractivity contribution in [3.05, 3.63) is 58.3 Å². The summed E-state index contributed by atoms with van der Waals surface area (Å²) in [7, 11) is -7.64. The molecule has 1 aliphatic rings. The molecule has 0 radical (unpaired) electrons. The lowest BCUT2D eigenvalue weighted by Gasteiger charge is -2.33. The third kappa shape index (κ3) is 3.52. The lowest BCUT2D eigenvalue weighted by Crippen LogP contribution is -2.50. The highest BCUT2D eigenvalue weighted by Gasteiger charge is 2.37. The normalized spacial score (nSPS) is 16.6. The van der Waals surface area contributed by atoms with Gasteiger partial charge in [-0.1, -0.05) is 6.07 Å². The quantitative estimate of drug-likeness (QED) is 0.543. The maximum Gasteiger partial charge on any atom is 0.419 e. The molecule has 4 rings (SSSR count). The summed E-state index contributed by atoms with van der Waals surface area (Å²) in [4.78, 5) is 9.78. The Morgan fingerprint density at radius 3 is 1.94 bits per heavy atom. The number of benzene rings is 2. The van der Waals surface area contributed by atoms with Crippen LogP contribution < -0.4 is 5.76 Å². The van der Waals surface area contributed by atoms with Crippen LogP contribution in [0.1, 0.15) is 0 Å². The molecule has 0 atom stereocenters. The second-order valence-corrected chi connectivity index (χ2v) is 10.8. The Kier molecular flexibility index (Phi) is 5.43. The summed E-state index contributed by atoms with van der Waals surface area (Å²) < 4.78 is 101. The predicted molar refractivity (Wildman–Crippen MR) is 105 cm³/mol. The number of hydrogen-bond donors (Lipinski definition) is 0. The number of halogens is 3. The van der Waals surface area contributed by atoms with Crippen molar-refractivity contribution in [3.63, 3.8) is 0 Å². The number of piperazine rings is 1. The minimum atomic E-state index is -4.56. The summed E-state index contributed by atoms with van der Waals surface area (Å²) in [5, 5.41) is 0. The zero-order valence-corrected chi connectivity index (χ0v) is 18.1. The molecule has 0 amide bonds. The Hall–Kier alpha value is -2.68. The van der Waals surface area contributed by atoms with E-state index in [0.717, 1.165) is 43.5 Å². The number of aryl methyl sites for hydroxylation is 1. The Balaban J connectivity index is 1.62. The fourth-order valence-electron chi connectivity index (χ4n) is 3.47. The van der Waals surface area contributed by atoms with Gasteiger partial charge in [0.2, 0.25) is 20.0 Å². The van der Waals surface area contributed by atoms with Crippen LogP contribution in [0, 0.1) is 17.5 Å². The fraction of sp³-hybridized carbons (Fsp3) is 0.278. The van der Waals surface area contributed by atoms with E-state index in [0.29, 0.717) is 0 Å². The highest BCUT2D eigenvalue weighted by molar-refractivity contribution is 7.89. The summed E-state index contributed by atoms with van der Waals surface area (Å²) in [6.45, 7) is -1.55. The SMILES string of the molecule is Cn1c(=O)oc2cc(F)c(S(=O)(=O)N3CCN(S(=O)(=O)c4c(F)cccc4F)CC3)cc21. The van der Waals surface area contributed by atoms with E-state index in [1.54, 1.807) is 0 Å². The van der Waals surface area contributed by atoms with Crippen molar-refractivity contribution in [2.24, 2.45) is 7.05 Å². The fourth-order valence-corrected chi connectivity index (χ4v) is 6.49. The molecule has 1 saturated heterocycles. The van der Waals surface area contributed by atoms with E-state index in [4.69, 9.17) is 4.42 Å². The van der Waals surface area contributed by atoms with E-state index >= 15 is 0 Å². The van der Waals surface area contributed by atoms with Gasteiger partial charge in [-0.2, -0.15) is 8.61 Å². The van der Waals surface area contributed by atoms with Gasteiger partial charge in [0.25, 0.3) is 0 Å². The van der Waals surface area contributed by atoms with Crippen LogP contribution in [0.15, 0.2) is 49.3 Å². The molecule has 0 saturated carbocycles. The lowest BCUT2D eigenvalue weighted by molar-refractivity contribution is 0.270. The summed E-state index contributed by atoms with van der Waals surface area (Å²) in [6.07, 6.45) is 0. The monoisotopic (exact) mass is 491 g/mol. The van der Waals surface area contributed by atoms with Gasteiger partial charge in [-0.3, -0.25) is 4.57 Å². The molecule has 172 valence electrons. The van der Waals surface area contributed by atoms with Gasteiger partial charge in [-0.15, -0.1) is 0 Å². The molecule has 0 N–H and O–H groups in total. The van der Waals surface area contributed by atoms with Crippen LogP contribution in [-0.4, -0.2) is 56.2 Å². The highest BCUT2D eigenvalue weighted by atomic mass is 32.2. The molecule has 0 unspecified atom stereocenters. The molecule has 32 heavy (non-hydrogen) atoms. The molecule has 0 spiro atoms. The van der Waals surface area contributed by atoms with Gasteiger partial charge < -0.3 is 4.42 Å². The Morgan fingerprint density at radius 2 is 1.38 bits per heavy atom. The largest absolute Gasteiger partial charge is 0.419 e. The first-order valence-electron chi connectivity index (χ1n) is 9.18. The van der Waals surface area contributed by atoms with Crippen molar-refractivity contribution >= 4 is 31.1 Å². The van der Waals surface area contributed by atoms with Crippen molar-refractivity contribution in [3.8, 4) is 0 Å². The van der Waals surface area contributed by atoms with Crippen LogP contribution in [0.2, 0.25) is 0 Å². The van der Waals surface area contributed by atoms with Crippen molar-refractivity contribution in [2.45, 2.75) is 9.79 Å². The van der Waals surface area contributed by atoms with Crippen molar-refractivity contribution in [1.82, 2.24) is 13.2 Å². The molecule has 2 heterocycles. The molecule has 14 heteroatoms.